The number of hydrogen-bond donors (Lipinski definition) is 2. The normalized spacial score (nSPS) is 19.0. The molecule has 0 radical (unpaired) electrons. The van der Waals surface area contributed by atoms with E-state index < -0.39 is 36.2 Å². The first-order chi connectivity index (χ1) is 14.1. The van der Waals surface area contributed by atoms with E-state index >= 15 is 0 Å². The molecule has 0 saturated carbocycles. The smallest absolute Gasteiger partial charge is 0.318 e. The number of alkyl halides is 3. The van der Waals surface area contributed by atoms with E-state index in [2.05, 4.69) is 0 Å². The van der Waals surface area contributed by atoms with Crippen LogP contribution in [0, 0.1) is 0 Å². The first-order valence-corrected chi connectivity index (χ1v) is 9.31. The fraction of sp³-hybridized carbons (Fsp3) is 0.250. The van der Waals surface area contributed by atoms with Gasteiger partial charge in [0, 0.05) is 11.4 Å². The van der Waals surface area contributed by atoms with Gasteiger partial charge in [0.25, 0.3) is 11.6 Å². The number of aryl methyl sites for hydroxylation is 1. The molecule has 1 aliphatic heterocycles. The van der Waals surface area contributed by atoms with E-state index in [9.17, 15) is 27.6 Å². The summed E-state index contributed by atoms with van der Waals surface area (Å²) in [6.07, 6.45) is -5.38. The number of carbonyl (C=O) groups excluding carboxylic acids is 3. The Bertz CT molecular complexity index is 969. The summed E-state index contributed by atoms with van der Waals surface area (Å²) in [4.78, 5) is 37.5. The molecule has 3 rings (SSSR count). The molecule has 1 saturated heterocycles. The Morgan fingerprint density at radius 1 is 1.07 bits per heavy atom. The van der Waals surface area contributed by atoms with Gasteiger partial charge in [-0.2, -0.15) is 13.2 Å². The van der Waals surface area contributed by atoms with Crippen molar-refractivity contribution in [3.8, 4) is 0 Å². The molecule has 0 aliphatic carbocycles. The van der Waals surface area contributed by atoms with E-state index in [0.717, 1.165) is 5.56 Å². The summed E-state index contributed by atoms with van der Waals surface area (Å²) in [5, 5.41) is 3.50. The predicted octanol–water partition coefficient (Wildman–Crippen LogP) is 3.40. The fourth-order valence-electron chi connectivity index (χ4n) is 3.04. The lowest BCUT2D eigenvalue weighted by Crippen LogP contribution is -2.69. The van der Waals surface area contributed by atoms with E-state index in [0.29, 0.717) is 4.90 Å². The van der Waals surface area contributed by atoms with Crippen LogP contribution < -0.4 is 10.6 Å². The lowest BCUT2D eigenvalue weighted by atomic mass is 10.1. The highest BCUT2D eigenvalue weighted by molar-refractivity contribution is 6.31. The molecule has 6 nitrogen and oxygen atoms in total. The van der Waals surface area contributed by atoms with E-state index in [-0.39, 0.29) is 23.4 Å². The first-order valence-electron chi connectivity index (χ1n) is 8.93. The number of rotatable bonds is 6. The van der Waals surface area contributed by atoms with E-state index in [4.69, 9.17) is 11.6 Å². The maximum absolute atomic E-state index is 13.9. The maximum Gasteiger partial charge on any atom is 0.440 e. The lowest BCUT2D eigenvalue weighted by molar-refractivity contribution is -0.204. The molecule has 1 fully saturated rings. The maximum atomic E-state index is 13.9. The number of nitrogens with one attached hydrogen (secondary N) is 2. The molecule has 10 heteroatoms. The Balaban J connectivity index is 1.79. The van der Waals surface area contributed by atoms with Gasteiger partial charge in [-0.05, 0) is 23.6 Å². The highest BCUT2D eigenvalue weighted by atomic mass is 35.5. The van der Waals surface area contributed by atoms with Crippen molar-refractivity contribution in [2.45, 2.75) is 31.2 Å². The van der Waals surface area contributed by atoms with Gasteiger partial charge in [-0.25, -0.2) is 4.79 Å². The number of imide groups is 1. The van der Waals surface area contributed by atoms with Crippen molar-refractivity contribution in [2.75, 3.05) is 0 Å². The molecule has 30 heavy (non-hydrogen) atoms. The van der Waals surface area contributed by atoms with Crippen LogP contribution in [-0.2, 0) is 22.6 Å². The second-order valence-electron chi connectivity index (χ2n) is 6.69. The van der Waals surface area contributed by atoms with Crippen molar-refractivity contribution >= 4 is 29.4 Å². The van der Waals surface area contributed by atoms with Gasteiger partial charge in [0.05, 0.1) is 6.54 Å². The zero-order valence-electron chi connectivity index (χ0n) is 15.5. The summed E-state index contributed by atoms with van der Waals surface area (Å²) >= 11 is 5.98. The number of halogens is 4. The Morgan fingerprint density at radius 3 is 2.33 bits per heavy atom. The van der Waals surface area contributed by atoms with Crippen molar-refractivity contribution in [2.24, 2.45) is 0 Å². The zero-order valence-corrected chi connectivity index (χ0v) is 16.3. The van der Waals surface area contributed by atoms with Gasteiger partial charge < -0.3 is 5.32 Å². The second kappa shape index (κ2) is 8.35. The standard InChI is InChI=1S/C20H17ClF3N3O3/c21-15-9-5-4-8-14(15)12-27-17(29)19(20(22,23)24,26-18(27)30)25-16(28)11-10-13-6-2-1-3-7-13/h1-9H,10-12H2,(H,25,28)(H,26,30)/t19-/m1/s1. The van der Waals surface area contributed by atoms with Gasteiger partial charge >= 0.3 is 12.2 Å². The summed E-state index contributed by atoms with van der Waals surface area (Å²) < 4.78 is 41.6. The minimum Gasteiger partial charge on any atom is -0.318 e. The van der Waals surface area contributed by atoms with Crippen LogP contribution >= 0.6 is 11.6 Å². The summed E-state index contributed by atoms with van der Waals surface area (Å²) in [5.74, 6) is -2.64. The largest absolute Gasteiger partial charge is 0.440 e. The molecule has 2 aromatic rings. The van der Waals surface area contributed by atoms with Crippen molar-refractivity contribution in [3.63, 3.8) is 0 Å². The predicted molar refractivity (Wildman–Crippen MR) is 102 cm³/mol. The number of hydrogen-bond acceptors (Lipinski definition) is 3. The average molecular weight is 440 g/mol. The van der Waals surface area contributed by atoms with Gasteiger partial charge in [0.15, 0.2) is 0 Å². The quantitative estimate of drug-likeness (QED) is 0.677. The topological polar surface area (TPSA) is 78.5 Å². The molecule has 0 bridgehead atoms. The number of urea groups is 1. The molecule has 0 aromatic heterocycles. The SMILES string of the molecule is O=C(CCc1ccccc1)N[C@@]1(C(F)(F)F)NC(=O)N(Cc2ccccc2Cl)C1=O. The van der Waals surface area contributed by atoms with Gasteiger partial charge in [-0.15, -0.1) is 0 Å². The Morgan fingerprint density at radius 2 is 1.70 bits per heavy atom. The number of amides is 4. The molecular formula is C20H17ClF3N3O3. The van der Waals surface area contributed by atoms with Crippen LogP contribution in [0.3, 0.4) is 0 Å². The van der Waals surface area contributed by atoms with Crippen molar-refractivity contribution in [1.29, 1.82) is 0 Å². The summed E-state index contributed by atoms with van der Waals surface area (Å²) in [6.45, 7) is -0.470. The van der Waals surface area contributed by atoms with Crippen molar-refractivity contribution in [1.82, 2.24) is 15.5 Å². The van der Waals surface area contributed by atoms with E-state index in [1.54, 1.807) is 53.1 Å². The van der Waals surface area contributed by atoms with Crippen LogP contribution in [0.25, 0.3) is 0 Å². The van der Waals surface area contributed by atoms with Crippen LogP contribution in [0.15, 0.2) is 54.6 Å². The fourth-order valence-corrected chi connectivity index (χ4v) is 3.23. The Labute approximate surface area is 175 Å². The third-order valence-electron chi connectivity index (χ3n) is 4.63. The van der Waals surface area contributed by atoms with Gasteiger partial charge in [-0.1, -0.05) is 60.1 Å². The summed E-state index contributed by atoms with van der Waals surface area (Å²) in [5.41, 5.74) is -2.49. The monoisotopic (exact) mass is 439 g/mol. The first kappa shape index (κ1) is 21.6. The highest BCUT2D eigenvalue weighted by Crippen LogP contribution is 2.35. The molecule has 1 heterocycles. The minimum absolute atomic E-state index is 0.173. The molecule has 0 spiro atoms. The van der Waals surface area contributed by atoms with E-state index in [1.807, 2.05) is 0 Å². The zero-order chi connectivity index (χ0) is 21.9. The molecule has 4 amide bonds. The van der Waals surface area contributed by atoms with Crippen molar-refractivity contribution in [3.05, 3.63) is 70.7 Å². The number of benzene rings is 2. The lowest BCUT2D eigenvalue weighted by Gasteiger charge is -2.30. The molecule has 0 unspecified atom stereocenters. The molecule has 2 aromatic carbocycles. The minimum atomic E-state index is -5.25. The van der Waals surface area contributed by atoms with Crippen molar-refractivity contribution < 1.29 is 27.6 Å². The van der Waals surface area contributed by atoms with Crippen LogP contribution in [0.4, 0.5) is 18.0 Å². The van der Waals surface area contributed by atoms with Crippen LogP contribution in [-0.4, -0.2) is 34.6 Å². The molecule has 2 N–H and O–H groups in total. The average Bonchev–Trinajstić information content (AvgIpc) is 2.94. The summed E-state index contributed by atoms with van der Waals surface area (Å²) in [7, 11) is 0. The van der Waals surface area contributed by atoms with Crippen LogP contribution in [0.5, 0.6) is 0 Å². The third-order valence-corrected chi connectivity index (χ3v) is 5.00. The molecule has 1 aliphatic rings. The number of nitrogens with zero attached hydrogens (tertiary/aromatic N) is 1. The molecular weight excluding hydrogens is 423 g/mol. The summed E-state index contributed by atoms with van der Waals surface area (Å²) in [6, 6.07) is 13.5. The van der Waals surface area contributed by atoms with Gasteiger partial charge in [0.1, 0.15) is 0 Å². The van der Waals surface area contributed by atoms with Gasteiger partial charge in [0.2, 0.25) is 5.91 Å². The van der Waals surface area contributed by atoms with Crippen LogP contribution in [0.2, 0.25) is 5.02 Å². The van der Waals surface area contributed by atoms with Crippen LogP contribution in [0.1, 0.15) is 17.5 Å². The third kappa shape index (κ3) is 4.25. The Hall–Kier alpha value is -3.07. The molecule has 158 valence electrons. The second-order valence-corrected chi connectivity index (χ2v) is 7.10. The Kier molecular flexibility index (Phi) is 6.02. The highest BCUT2D eigenvalue weighted by Gasteiger charge is 2.68. The number of carbonyl (C=O) groups is 3. The molecule has 1 atom stereocenters. The van der Waals surface area contributed by atoms with E-state index in [1.165, 1.54) is 12.1 Å². The van der Waals surface area contributed by atoms with Gasteiger partial charge in [-0.3, -0.25) is 19.8 Å².